The average Bonchev–Trinajstić information content (AvgIpc) is 4.05. The molecule has 13 aromatic rings. The summed E-state index contributed by atoms with van der Waals surface area (Å²) in [5.74, 6) is 1.39. The number of aliphatic imine (C=N–C) groups is 1. The molecule has 2 aliphatic heterocycles. The number of benzene rings is 4. The van der Waals surface area contributed by atoms with E-state index in [1.54, 1.807) is 83.3 Å². The Labute approximate surface area is 501 Å². The highest BCUT2D eigenvalue weighted by molar-refractivity contribution is 5.81. The molecule has 0 radical (unpaired) electrons. The lowest BCUT2D eigenvalue weighted by molar-refractivity contribution is 0.346. The lowest BCUT2D eigenvalue weighted by atomic mass is 10.2. The second-order valence-electron chi connectivity index (χ2n) is 18.7. The number of hydrogen-bond donors (Lipinski definition) is 2. The van der Waals surface area contributed by atoms with Gasteiger partial charge in [-0.2, -0.15) is 10.6 Å². The van der Waals surface area contributed by atoms with E-state index in [0.29, 0.717) is 5.82 Å². The number of hydrogen-bond acceptors (Lipinski definition) is 17. The quantitative estimate of drug-likeness (QED) is 0.144. The second kappa shape index (κ2) is 36.1. The molecule has 0 fully saturated rings. The van der Waals surface area contributed by atoms with E-state index in [2.05, 4.69) is 212 Å². The van der Waals surface area contributed by atoms with Crippen molar-refractivity contribution in [2.45, 2.75) is 13.8 Å². The number of aryl methyl sites for hydroxylation is 9. The van der Waals surface area contributed by atoms with Gasteiger partial charge in [-0.15, -0.1) is 15.3 Å². The van der Waals surface area contributed by atoms with E-state index in [9.17, 15) is 0 Å². The van der Waals surface area contributed by atoms with Gasteiger partial charge < -0.3 is 18.3 Å². The fourth-order valence-electron chi connectivity index (χ4n) is 6.90. The van der Waals surface area contributed by atoms with Gasteiger partial charge in [0.25, 0.3) is 0 Å². The van der Waals surface area contributed by atoms with Crippen molar-refractivity contribution in [2.24, 2.45) is 64.7 Å². The smallest absolute Gasteiger partial charge is 0.165 e. The van der Waals surface area contributed by atoms with E-state index < -0.39 is 0 Å². The van der Waals surface area contributed by atoms with Crippen molar-refractivity contribution < 1.29 is 0 Å². The van der Waals surface area contributed by atoms with Gasteiger partial charge in [0.15, 0.2) is 5.82 Å². The van der Waals surface area contributed by atoms with Gasteiger partial charge in [0.2, 0.25) is 0 Å². The SMILES string of the molecule is C=C1N=CNN1C.C=C1N=NNN1C.Cc1ccncc1.Cc1cnc2ccccc2c1.Cn1ccc2ccccc21.Cn1ccc2ccccc21.Cn1cccn1.Cn1ccnc1.Cn1ccnn1.Cn1cnc2ccccc21.Cn1cnnn1. The van der Waals surface area contributed by atoms with E-state index in [1.807, 2.05) is 131 Å². The van der Waals surface area contributed by atoms with Crippen LogP contribution in [0.4, 0.5) is 0 Å². The standard InChI is InChI=1S/C10H9N.2C9H9N.C8H8N2.C6H7N.C4H7N3.2C4H6N2.C3H6N4.C3H5N3.C2H4N4/c1-8-6-9-4-2-3-5-10(9)11-7-8;2*1-10-7-6-8-4-2-3-5-9(8)10;1-10-6-9-7-4-2-3-5-8(7)10;1-6-2-4-7-5-3-6;1-4-5-3-6-7(4)2;1-6-3-2-5-4-6;1-6-4-2-3-5-6;1-3-4-5-6-7(3)2;1-6-3-2-4-5-6;1-6-2-3-4-5-6/h2-7H,1H3;2*2-7H,1H3;2-6H,1H3;2-5H,1H3;3H,1H2,2H3,(H,5,6);2*2-4H,1H3;1H2,2H3,(H,4,6);2-3H,1H3;2H,1H3. The first kappa shape index (κ1) is 65.4. The molecule has 444 valence electrons. The molecule has 86 heavy (non-hydrogen) atoms. The molecule has 4 aromatic carbocycles. The Kier molecular flexibility index (Phi) is 27.5. The highest BCUT2D eigenvalue weighted by Crippen LogP contribution is 2.14. The van der Waals surface area contributed by atoms with Gasteiger partial charge in [-0.1, -0.05) is 90.3 Å². The van der Waals surface area contributed by atoms with Crippen LogP contribution >= 0.6 is 0 Å². The Morgan fingerprint density at radius 1 is 0.442 bits per heavy atom. The maximum absolute atomic E-state index is 4.28. The zero-order chi connectivity index (χ0) is 61.9. The highest BCUT2D eigenvalue weighted by atomic mass is 15.8. The lowest BCUT2D eigenvalue weighted by Gasteiger charge is -2.07. The van der Waals surface area contributed by atoms with Crippen molar-refractivity contribution in [1.29, 1.82) is 0 Å². The molecule has 9 aromatic heterocycles. The van der Waals surface area contributed by atoms with Gasteiger partial charge in [-0.05, 0) is 113 Å². The molecule has 0 saturated heterocycles. The van der Waals surface area contributed by atoms with Crippen molar-refractivity contribution in [2.75, 3.05) is 14.1 Å². The number of imidazole rings is 2. The van der Waals surface area contributed by atoms with Crippen molar-refractivity contribution in [3.05, 3.63) is 257 Å². The summed E-state index contributed by atoms with van der Waals surface area (Å²) in [6, 6.07) is 45.1. The molecule has 0 aliphatic carbocycles. The Bertz CT molecular complexity index is 3640. The molecular weight excluding hydrogens is 1080 g/mol. The van der Waals surface area contributed by atoms with Crippen LogP contribution in [0, 0.1) is 13.8 Å². The minimum atomic E-state index is 0.639. The third-order valence-electron chi connectivity index (χ3n) is 11.7. The van der Waals surface area contributed by atoms with Crippen molar-refractivity contribution in [1.82, 2.24) is 104 Å². The molecule has 0 spiro atoms. The summed E-state index contributed by atoms with van der Waals surface area (Å²) in [6.07, 6.45) is 27.0. The molecule has 15 rings (SSSR count). The fourth-order valence-corrected chi connectivity index (χ4v) is 6.90. The van der Waals surface area contributed by atoms with Crippen molar-refractivity contribution in [3.63, 3.8) is 0 Å². The summed E-state index contributed by atoms with van der Waals surface area (Å²) in [6.45, 7) is 11.2. The number of hydrazine groups is 2. The summed E-state index contributed by atoms with van der Waals surface area (Å²) in [5.41, 5.74) is 13.7. The van der Waals surface area contributed by atoms with Crippen LogP contribution in [-0.4, -0.2) is 114 Å². The first-order valence-corrected chi connectivity index (χ1v) is 26.7. The Hall–Kier alpha value is -11.4. The number of nitrogens with zero attached hydrogens (tertiary/aromatic N) is 22. The number of rotatable bonds is 0. The van der Waals surface area contributed by atoms with Gasteiger partial charge in [0, 0.05) is 142 Å². The molecule has 0 saturated carbocycles. The Balaban J connectivity index is 0.000000174. The first-order chi connectivity index (χ1) is 41.6. The van der Waals surface area contributed by atoms with E-state index in [-0.39, 0.29) is 0 Å². The van der Waals surface area contributed by atoms with E-state index >= 15 is 0 Å². The molecule has 2 aliphatic rings. The van der Waals surface area contributed by atoms with Crippen LogP contribution in [0.3, 0.4) is 0 Å². The van der Waals surface area contributed by atoms with Crippen LogP contribution in [0.15, 0.2) is 261 Å². The van der Waals surface area contributed by atoms with Crippen LogP contribution < -0.4 is 11.0 Å². The third kappa shape index (κ3) is 24.0. The van der Waals surface area contributed by atoms with Crippen LogP contribution in [0.25, 0.3) is 43.7 Å². The zero-order valence-electron chi connectivity index (χ0n) is 50.6. The number of tetrazole rings is 1. The lowest BCUT2D eigenvalue weighted by Crippen LogP contribution is -2.24. The van der Waals surface area contributed by atoms with Crippen molar-refractivity contribution in [3.8, 4) is 0 Å². The molecule has 2 N–H and O–H groups in total. The predicted molar refractivity (Wildman–Crippen MR) is 342 cm³/mol. The van der Waals surface area contributed by atoms with E-state index in [0.717, 1.165) is 16.9 Å². The first-order valence-electron chi connectivity index (χ1n) is 26.7. The number of fused-ring (bicyclic) bond motifs is 4. The van der Waals surface area contributed by atoms with Crippen LogP contribution in [0.2, 0.25) is 0 Å². The normalized spacial score (nSPS) is 11.1. The van der Waals surface area contributed by atoms with E-state index in [1.165, 1.54) is 54.8 Å². The van der Waals surface area contributed by atoms with Gasteiger partial charge in [-0.3, -0.25) is 34.8 Å². The van der Waals surface area contributed by atoms with Gasteiger partial charge >= 0.3 is 0 Å². The number of pyridine rings is 2. The fraction of sp³-hybridized carbons (Fsp3) is 0.177. The molecule has 24 heteroatoms. The number of aromatic nitrogens is 17. The summed E-state index contributed by atoms with van der Waals surface area (Å²) in [4.78, 5) is 19.9. The summed E-state index contributed by atoms with van der Waals surface area (Å²) in [7, 11) is 17.2. The van der Waals surface area contributed by atoms with Crippen LogP contribution in [-0.2, 0) is 49.3 Å². The van der Waals surface area contributed by atoms with Gasteiger partial charge in [0.1, 0.15) is 18.5 Å². The monoisotopic (exact) mass is 1160 g/mol. The predicted octanol–water partition coefficient (Wildman–Crippen LogP) is 9.94. The molecule has 0 amide bonds. The van der Waals surface area contributed by atoms with Gasteiger partial charge in [-0.25, -0.2) is 19.6 Å². The number of para-hydroxylation sites is 5. The molecular formula is C62H76N24. The second-order valence-corrected chi connectivity index (χ2v) is 18.7. The minimum absolute atomic E-state index is 0.639. The maximum atomic E-state index is 4.28. The topological polar surface area (TPSA) is 231 Å². The Morgan fingerprint density at radius 2 is 1.07 bits per heavy atom. The van der Waals surface area contributed by atoms with E-state index in [4.69, 9.17) is 0 Å². The molecule has 0 atom stereocenters. The summed E-state index contributed by atoms with van der Waals surface area (Å²) in [5, 5.41) is 35.3. The summed E-state index contributed by atoms with van der Waals surface area (Å²) >= 11 is 0. The minimum Gasteiger partial charge on any atom is -0.351 e. The average molecular weight is 1160 g/mol. The molecule has 0 unspecified atom stereocenters. The molecule has 11 heterocycles. The zero-order valence-corrected chi connectivity index (χ0v) is 50.6. The molecule has 24 nitrogen and oxygen atoms in total. The number of nitrogens with one attached hydrogen (secondary N) is 2. The third-order valence-corrected chi connectivity index (χ3v) is 11.7. The van der Waals surface area contributed by atoms with Crippen molar-refractivity contribution >= 4 is 50.1 Å². The highest BCUT2D eigenvalue weighted by Gasteiger charge is 2.03. The summed E-state index contributed by atoms with van der Waals surface area (Å²) < 4.78 is 13.1. The maximum Gasteiger partial charge on any atom is 0.165 e. The van der Waals surface area contributed by atoms with Crippen LogP contribution in [0.1, 0.15) is 11.1 Å². The van der Waals surface area contributed by atoms with Gasteiger partial charge in [0.05, 0.1) is 35.4 Å². The Morgan fingerprint density at radius 3 is 1.43 bits per heavy atom. The molecule has 0 bridgehead atoms. The van der Waals surface area contributed by atoms with Crippen LogP contribution in [0.5, 0.6) is 0 Å². The largest absolute Gasteiger partial charge is 0.351 e.